The number of nitrogens with zero attached hydrogens (tertiary/aromatic N) is 2. The Morgan fingerprint density at radius 3 is 3.06 bits per heavy atom. The molecule has 3 atom stereocenters. The molecule has 3 aliphatic rings. The van der Waals surface area contributed by atoms with Gasteiger partial charge in [-0.1, -0.05) is 26.0 Å². The third kappa shape index (κ3) is 1.48. The van der Waals surface area contributed by atoms with Crippen molar-refractivity contribution in [3.05, 3.63) is 35.9 Å². The maximum absolute atomic E-state index is 4.50. The van der Waals surface area contributed by atoms with Crippen LogP contribution in [0.3, 0.4) is 0 Å². The Bertz CT molecular complexity index is 422. The molecule has 16 heavy (non-hydrogen) atoms. The van der Waals surface area contributed by atoms with Crippen molar-refractivity contribution in [2.75, 3.05) is 0 Å². The molecule has 0 aliphatic heterocycles. The molecule has 3 unspecified atom stereocenters. The van der Waals surface area contributed by atoms with Crippen LogP contribution in [0.5, 0.6) is 0 Å². The van der Waals surface area contributed by atoms with Gasteiger partial charge in [-0.2, -0.15) is 0 Å². The van der Waals surface area contributed by atoms with Crippen LogP contribution in [0.15, 0.2) is 24.7 Å². The molecule has 1 aromatic rings. The van der Waals surface area contributed by atoms with E-state index < -0.39 is 0 Å². The Morgan fingerprint density at radius 1 is 1.38 bits per heavy atom. The summed E-state index contributed by atoms with van der Waals surface area (Å²) in [5.74, 6) is 2.69. The molecule has 0 amide bonds. The number of rotatable bonds is 2. The van der Waals surface area contributed by atoms with Crippen molar-refractivity contribution in [1.82, 2.24) is 9.97 Å². The van der Waals surface area contributed by atoms with E-state index in [1.54, 1.807) is 6.33 Å². The molecule has 2 nitrogen and oxygen atoms in total. The minimum Gasteiger partial charge on any atom is -0.244 e. The highest BCUT2D eigenvalue weighted by molar-refractivity contribution is 5.39. The molecule has 0 saturated carbocycles. The van der Waals surface area contributed by atoms with E-state index in [9.17, 15) is 0 Å². The minimum absolute atomic E-state index is 0.547. The normalized spacial score (nSPS) is 30.8. The number of fused-ring (bicyclic) bond motifs is 1. The molecule has 4 rings (SSSR count). The zero-order valence-corrected chi connectivity index (χ0v) is 9.93. The number of aromatic nitrogens is 2. The van der Waals surface area contributed by atoms with Crippen LogP contribution in [0.25, 0.3) is 0 Å². The van der Waals surface area contributed by atoms with Gasteiger partial charge in [0, 0.05) is 18.0 Å². The maximum atomic E-state index is 4.50. The monoisotopic (exact) mass is 214 g/mol. The molecular weight excluding hydrogens is 196 g/mol. The first kappa shape index (κ1) is 10.0. The summed E-state index contributed by atoms with van der Waals surface area (Å²) in [6, 6.07) is 0. The van der Waals surface area contributed by atoms with Crippen molar-refractivity contribution in [2.45, 2.75) is 38.5 Å². The molecular formula is C14H18N2. The molecule has 0 radical (unpaired) electrons. The molecule has 1 heterocycles. The largest absolute Gasteiger partial charge is 0.244 e. The van der Waals surface area contributed by atoms with Crippen LogP contribution in [0.2, 0.25) is 0 Å². The van der Waals surface area contributed by atoms with Gasteiger partial charge in [0.05, 0.1) is 5.69 Å². The standard InChI is InChI=1S/C14H18N2/c1-9(2)5-11-6-10-3-4-12(11)14-13(10)7-15-8-16-14/h3-4,7-12H,5-6H2,1-2H3. The predicted molar refractivity (Wildman–Crippen MR) is 64.2 cm³/mol. The van der Waals surface area contributed by atoms with Crippen LogP contribution in [0, 0.1) is 11.8 Å². The fourth-order valence-electron chi connectivity index (χ4n) is 3.27. The minimum atomic E-state index is 0.547. The molecule has 1 aromatic heterocycles. The summed E-state index contributed by atoms with van der Waals surface area (Å²) < 4.78 is 0. The third-order valence-corrected chi connectivity index (χ3v) is 3.88. The second-order valence-electron chi connectivity index (χ2n) is 5.51. The first-order valence-electron chi connectivity index (χ1n) is 6.24. The van der Waals surface area contributed by atoms with Crippen LogP contribution < -0.4 is 0 Å². The van der Waals surface area contributed by atoms with E-state index in [4.69, 9.17) is 0 Å². The lowest BCUT2D eigenvalue weighted by Crippen LogP contribution is -2.28. The summed E-state index contributed by atoms with van der Waals surface area (Å²) in [7, 11) is 0. The average Bonchev–Trinajstić information content (AvgIpc) is 2.29. The molecule has 0 spiro atoms. The van der Waals surface area contributed by atoms with Gasteiger partial charge in [0.1, 0.15) is 6.33 Å². The van der Waals surface area contributed by atoms with E-state index in [0.717, 1.165) is 11.8 Å². The average molecular weight is 214 g/mol. The van der Waals surface area contributed by atoms with Gasteiger partial charge in [0.25, 0.3) is 0 Å². The molecule has 2 bridgehead atoms. The van der Waals surface area contributed by atoms with Gasteiger partial charge < -0.3 is 0 Å². The van der Waals surface area contributed by atoms with E-state index in [1.807, 2.05) is 6.20 Å². The topological polar surface area (TPSA) is 25.8 Å². The Balaban J connectivity index is 1.96. The second-order valence-corrected chi connectivity index (χ2v) is 5.51. The van der Waals surface area contributed by atoms with Crippen LogP contribution >= 0.6 is 0 Å². The van der Waals surface area contributed by atoms with E-state index >= 15 is 0 Å². The van der Waals surface area contributed by atoms with E-state index in [1.165, 1.54) is 24.1 Å². The van der Waals surface area contributed by atoms with E-state index in [0.29, 0.717) is 11.8 Å². The molecule has 3 aliphatic carbocycles. The fraction of sp³-hybridized carbons (Fsp3) is 0.571. The Labute approximate surface area is 96.8 Å². The lowest BCUT2D eigenvalue weighted by Gasteiger charge is -2.39. The highest BCUT2D eigenvalue weighted by atomic mass is 14.8. The van der Waals surface area contributed by atoms with Gasteiger partial charge in [0.2, 0.25) is 0 Å². The maximum Gasteiger partial charge on any atom is 0.115 e. The van der Waals surface area contributed by atoms with E-state index in [2.05, 4.69) is 36.0 Å². The highest BCUT2D eigenvalue weighted by Gasteiger charge is 2.37. The van der Waals surface area contributed by atoms with Crippen LogP contribution in [-0.4, -0.2) is 9.97 Å². The molecule has 0 fully saturated rings. The summed E-state index contributed by atoms with van der Waals surface area (Å²) in [5.41, 5.74) is 2.66. The first-order valence-corrected chi connectivity index (χ1v) is 6.24. The molecule has 0 N–H and O–H groups in total. The van der Waals surface area contributed by atoms with Gasteiger partial charge in [0.15, 0.2) is 0 Å². The van der Waals surface area contributed by atoms with Crippen molar-refractivity contribution in [2.24, 2.45) is 11.8 Å². The Hall–Kier alpha value is -1.18. The van der Waals surface area contributed by atoms with Crippen molar-refractivity contribution in [3.8, 4) is 0 Å². The molecule has 0 saturated heterocycles. The molecule has 84 valence electrons. The lowest BCUT2D eigenvalue weighted by atomic mass is 9.66. The zero-order chi connectivity index (χ0) is 11.1. The van der Waals surface area contributed by atoms with Crippen LogP contribution in [0.1, 0.15) is 49.8 Å². The number of hydrogen-bond acceptors (Lipinski definition) is 2. The van der Waals surface area contributed by atoms with Crippen molar-refractivity contribution < 1.29 is 0 Å². The van der Waals surface area contributed by atoms with Gasteiger partial charge >= 0.3 is 0 Å². The second kappa shape index (κ2) is 3.69. The smallest absolute Gasteiger partial charge is 0.115 e. The lowest BCUT2D eigenvalue weighted by molar-refractivity contribution is 0.309. The van der Waals surface area contributed by atoms with E-state index in [-0.39, 0.29) is 0 Å². The summed E-state index contributed by atoms with van der Waals surface area (Å²) in [5, 5.41) is 0. The van der Waals surface area contributed by atoms with Gasteiger partial charge in [-0.15, -0.1) is 0 Å². The quantitative estimate of drug-likeness (QED) is 0.706. The van der Waals surface area contributed by atoms with Crippen molar-refractivity contribution in [1.29, 1.82) is 0 Å². The third-order valence-electron chi connectivity index (χ3n) is 3.88. The number of allylic oxidation sites excluding steroid dienone is 2. The van der Waals surface area contributed by atoms with Gasteiger partial charge in [-0.3, -0.25) is 0 Å². The Morgan fingerprint density at radius 2 is 2.25 bits per heavy atom. The predicted octanol–water partition coefficient (Wildman–Crippen LogP) is 3.28. The summed E-state index contributed by atoms with van der Waals surface area (Å²) in [6.07, 6.45) is 11.0. The summed E-state index contributed by atoms with van der Waals surface area (Å²) >= 11 is 0. The SMILES string of the molecule is CC(C)CC1CC2C=CC1c1ncncc12. The Kier molecular flexibility index (Phi) is 2.31. The molecule has 0 aromatic carbocycles. The van der Waals surface area contributed by atoms with Crippen LogP contribution in [-0.2, 0) is 0 Å². The summed E-state index contributed by atoms with van der Waals surface area (Å²) in [6.45, 7) is 4.62. The summed E-state index contributed by atoms with van der Waals surface area (Å²) in [4.78, 5) is 8.65. The van der Waals surface area contributed by atoms with Crippen molar-refractivity contribution in [3.63, 3.8) is 0 Å². The fourth-order valence-corrected chi connectivity index (χ4v) is 3.27. The first-order chi connectivity index (χ1) is 7.75. The van der Waals surface area contributed by atoms with Gasteiger partial charge in [-0.05, 0) is 30.2 Å². The molecule has 2 heteroatoms. The zero-order valence-electron chi connectivity index (χ0n) is 9.93. The van der Waals surface area contributed by atoms with Crippen molar-refractivity contribution >= 4 is 0 Å². The van der Waals surface area contributed by atoms with Crippen LogP contribution in [0.4, 0.5) is 0 Å². The highest BCUT2D eigenvalue weighted by Crippen LogP contribution is 2.48. The number of hydrogen-bond donors (Lipinski definition) is 0. The van der Waals surface area contributed by atoms with Gasteiger partial charge in [-0.25, -0.2) is 9.97 Å².